The molecule has 168 valence electrons. The quantitative estimate of drug-likeness (QED) is 0.354. The maximum absolute atomic E-state index is 12.5. The van der Waals surface area contributed by atoms with Gasteiger partial charge in [-0.1, -0.05) is 101 Å². The van der Waals surface area contributed by atoms with E-state index < -0.39 is 0 Å². The van der Waals surface area contributed by atoms with E-state index in [9.17, 15) is 4.79 Å². The molecule has 0 radical (unpaired) electrons. The van der Waals surface area contributed by atoms with Gasteiger partial charge in [0.1, 0.15) is 11.5 Å². The number of unbranched alkanes of at least 4 members (excludes halogenated alkanes) is 9. The van der Waals surface area contributed by atoms with Crippen molar-refractivity contribution in [2.75, 3.05) is 6.61 Å². The Morgan fingerprint density at radius 3 is 2.26 bits per heavy atom. The normalized spacial score (nSPS) is 14.3. The molecule has 0 spiro atoms. The van der Waals surface area contributed by atoms with E-state index in [1.165, 1.54) is 51.4 Å². The first kappa shape index (κ1) is 23.2. The molecule has 1 heterocycles. The molecule has 2 aromatic rings. The molecule has 3 rings (SSSR count). The predicted octanol–water partition coefficient (Wildman–Crippen LogP) is 7.84. The van der Waals surface area contributed by atoms with Crippen molar-refractivity contribution in [2.45, 2.75) is 84.1 Å². The van der Waals surface area contributed by atoms with Gasteiger partial charge in [-0.15, -0.1) is 0 Å². The van der Waals surface area contributed by atoms with Crippen LogP contribution in [-0.4, -0.2) is 12.7 Å². The molecule has 0 aromatic heterocycles. The second-order valence-corrected chi connectivity index (χ2v) is 8.53. The number of carbonyl (C=O) groups is 1. The number of aryl methyl sites for hydroxylation is 1. The summed E-state index contributed by atoms with van der Waals surface area (Å²) in [5.74, 6) is 1.60. The van der Waals surface area contributed by atoms with Crippen LogP contribution in [0.3, 0.4) is 0 Å². The summed E-state index contributed by atoms with van der Waals surface area (Å²) in [5, 5.41) is 3.05. The molecule has 1 aliphatic heterocycles. The number of ether oxygens (including phenoxy) is 2. The van der Waals surface area contributed by atoms with Crippen LogP contribution in [-0.2, 0) is 4.74 Å². The number of carbonyl (C=O) groups excluding carboxylic acids is 1. The SMILES string of the molecule is CCCCCCCCCCCCOC(=O)NC1c2ccccc2Oc2c(C)cccc21. The third kappa shape index (κ3) is 6.75. The van der Waals surface area contributed by atoms with Crippen molar-refractivity contribution in [1.82, 2.24) is 5.32 Å². The lowest BCUT2D eigenvalue weighted by atomic mass is 9.93. The number of hydrogen-bond donors (Lipinski definition) is 1. The largest absolute Gasteiger partial charge is 0.456 e. The van der Waals surface area contributed by atoms with Gasteiger partial charge in [-0.05, 0) is 25.0 Å². The Labute approximate surface area is 187 Å². The fourth-order valence-electron chi connectivity index (χ4n) is 4.20. The number of benzene rings is 2. The number of para-hydroxylation sites is 2. The minimum Gasteiger partial charge on any atom is -0.456 e. The summed E-state index contributed by atoms with van der Waals surface area (Å²) in [7, 11) is 0. The Balaban J connectivity index is 1.41. The number of nitrogens with one attached hydrogen (secondary N) is 1. The summed E-state index contributed by atoms with van der Waals surface area (Å²) in [6.07, 6.45) is 12.3. The number of amides is 1. The van der Waals surface area contributed by atoms with Gasteiger partial charge in [-0.3, -0.25) is 0 Å². The second-order valence-electron chi connectivity index (χ2n) is 8.53. The van der Waals surface area contributed by atoms with E-state index in [0.717, 1.165) is 41.0 Å². The highest BCUT2D eigenvalue weighted by molar-refractivity contribution is 5.70. The molecule has 0 bridgehead atoms. The highest BCUT2D eigenvalue weighted by Gasteiger charge is 2.29. The summed E-state index contributed by atoms with van der Waals surface area (Å²) in [6.45, 7) is 4.74. The zero-order valence-electron chi connectivity index (χ0n) is 19.1. The van der Waals surface area contributed by atoms with E-state index >= 15 is 0 Å². The third-order valence-corrected chi connectivity index (χ3v) is 5.99. The van der Waals surface area contributed by atoms with Crippen molar-refractivity contribution in [1.29, 1.82) is 0 Å². The van der Waals surface area contributed by atoms with Crippen LogP contribution in [0.1, 0.15) is 93.9 Å². The van der Waals surface area contributed by atoms with Crippen LogP contribution in [0.4, 0.5) is 4.79 Å². The van der Waals surface area contributed by atoms with Crippen molar-refractivity contribution in [3.63, 3.8) is 0 Å². The highest BCUT2D eigenvalue weighted by atomic mass is 16.5. The third-order valence-electron chi connectivity index (χ3n) is 5.99. The summed E-state index contributed by atoms with van der Waals surface area (Å²) >= 11 is 0. The van der Waals surface area contributed by atoms with Crippen LogP contribution < -0.4 is 10.1 Å². The number of fused-ring (bicyclic) bond motifs is 2. The molecule has 0 saturated carbocycles. The van der Waals surface area contributed by atoms with Crippen molar-refractivity contribution >= 4 is 6.09 Å². The first-order chi connectivity index (χ1) is 15.2. The number of alkyl carbamates (subject to hydrolysis) is 1. The van der Waals surface area contributed by atoms with Crippen molar-refractivity contribution < 1.29 is 14.3 Å². The smallest absolute Gasteiger partial charge is 0.407 e. The maximum Gasteiger partial charge on any atom is 0.407 e. The molecule has 1 amide bonds. The molecule has 0 aliphatic carbocycles. The second kappa shape index (κ2) is 12.4. The lowest BCUT2D eigenvalue weighted by Crippen LogP contribution is -2.32. The minimum atomic E-state index is -0.370. The average molecular weight is 424 g/mol. The zero-order valence-corrected chi connectivity index (χ0v) is 19.1. The van der Waals surface area contributed by atoms with E-state index in [2.05, 4.69) is 12.2 Å². The molecular weight excluding hydrogens is 386 g/mol. The molecule has 1 unspecified atom stereocenters. The molecule has 0 saturated heterocycles. The van der Waals surface area contributed by atoms with Gasteiger partial charge < -0.3 is 14.8 Å². The standard InChI is InChI=1S/C27H37NO3/c1-3-4-5-6-7-8-9-10-11-14-20-30-27(29)28-25-22-17-12-13-19-24(22)31-26-21(2)16-15-18-23(25)26/h12-13,15-19,25H,3-11,14,20H2,1-2H3,(H,28,29). The van der Waals surface area contributed by atoms with E-state index in [1.54, 1.807) is 0 Å². The van der Waals surface area contributed by atoms with Crippen LogP contribution in [0, 0.1) is 6.92 Å². The molecule has 4 heteroatoms. The number of rotatable bonds is 12. The van der Waals surface area contributed by atoms with Gasteiger partial charge in [0, 0.05) is 11.1 Å². The summed E-state index contributed by atoms with van der Waals surface area (Å²) < 4.78 is 11.6. The molecule has 2 aromatic carbocycles. The molecule has 0 fully saturated rings. The Hall–Kier alpha value is -2.49. The topological polar surface area (TPSA) is 47.6 Å². The van der Waals surface area contributed by atoms with E-state index in [0.29, 0.717) is 6.61 Å². The monoisotopic (exact) mass is 423 g/mol. The predicted molar refractivity (Wildman–Crippen MR) is 126 cm³/mol. The van der Waals surface area contributed by atoms with Crippen LogP contribution in [0.25, 0.3) is 0 Å². The van der Waals surface area contributed by atoms with Crippen LogP contribution in [0.5, 0.6) is 11.5 Å². The maximum atomic E-state index is 12.5. The van der Waals surface area contributed by atoms with Gasteiger partial charge >= 0.3 is 6.09 Å². The average Bonchev–Trinajstić information content (AvgIpc) is 2.78. The lowest BCUT2D eigenvalue weighted by Gasteiger charge is -2.29. The Morgan fingerprint density at radius 1 is 0.871 bits per heavy atom. The summed E-state index contributed by atoms with van der Waals surface area (Å²) in [4.78, 5) is 12.5. The van der Waals surface area contributed by atoms with E-state index in [1.807, 2.05) is 49.4 Å². The molecule has 31 heavy (non-hydrogen) atoms. The number of hydrogen-bond acceptors (Lipinski definition) is 3. The van der Waals surface area contributed by atoms with Crippen LogP contribution >= 0.6 is 0 Å². The minimum absolute atomic E-state index is 0.264. The highest BCUT2D eigenvalue weighted by Crippen LogP contribution is 2.44. The van der Waals surface area contributed by atoms with Crippen LogP contribution in [0.15, 0.2) is 42.5 Å². The summed E-state index contributed by atoms with van der Waals surface area (Å²) in [6, 6.07) is 13.6. The Morgan fingerprint density at radius 2 is 1.52 bits per heavy atom. The molecule has 1 N–H and O–H groups in total. The fraction of sp³-hybridized carbons (Fsp3) is 0.519. The van der Waals surface area contributed by atoms with Gasteiger partial charge in [-0.2, -0.15) is 0 Å². The first-order valence-corrected chi connectivity index (χ1v) is 12.0. The first-order valence-electron chi connectivity index (χ1n) is 12.0. The van der Waals surface area contributed by atoms with Gasteiger partial charge in [0.15, 0.2) is 0 Å². The molecule has 4 nitrogen and oxygen atoms in total. The van der Waals surface area contributed by atoms with Crippen molar-refractivity contribution in [3.8, 4) is 11.5 Å². The molecule has 1 aliphatic rings. The zero-order chi connectivity index (χ0) is 21.9. The van der Waals surface area contributed by atoms with Gasteiger partial charge in [0.25, 0.3) is 0 Å². The molecule has 1 atom stereocenters. The van der Waals surface area contributed by atoms with Gasteiger partial charge in [0.05, 0.1) is 12.6 Å². The van der Waals surface area contributed by atoms with Crippen LogP contribution in [0.2, 0.25) is 0 Å². The van der Waals surface area contributed by atoms with Crippen molar-refractivity contribution in [2.24, 2.45) is 0 Å². The van der Waals surface area contributed by atoms with E-state index in [-0.39, 0.29) is 12.1 Å². The Kier molecular flexibility index (Phi) is 9.26. The molecular formula is C27H37NO3. The van der Waals surface area contributed by atoms with Gasteiger partial charge in [-0.25, -0.2) is 4.79 Å². The van der Waals surface area contributed by atoms with E-state index in [4.69, 9.17) is 9.47 Å². The Bertz CT molecular complexity index is 833. The van der Waals surface area contributed by atoms with Gasteiger partial charge in [0.2, 0.25) is 0 Å². The summed E-state index contributed by atoms with van der Waals surface area (Å²) in [5.41, 5.74) is 2.98. The lowest BCUT2D eigenvalue weighted by molar-refractivity contribution is 0.141. The fourth-order valence-corrected chi connectivity index (χ4v) is 4.20. The van der Waals surface area contributed by atoms with Crippen molar-refractivity contribution in [3.05, 3.63) is 59.2 Å².